The van der Waals surface area contributed by atoms with E-state index in [-0.39, 0.29) is 47.9 Å². The molecule has 236 valence electrons. The first kappa shape index (κ1) is 31.9. The molecule has 1 saturated carbocycles. The van der Waals surface area contributed by atoms with Gasteiger partial charge in [-0.25, -0.2) is 21.6 Å². The Morgan fingerprint density at radius 2 is 1.81 bits per heavy atom. The minimum atomic E-state index is -3.45. The molecule has 1 amide bonds. The quantitative estimate of drug-likeness (QED) is 0.389. The highest BCUT2D eigenvalue weighted by molar-refractivity contribution is 7.89. The Morgan fingerprint density at radius 1 is 1.09 bits per heavy atom. The van der Waals surface area contributed by atoms with Gasteiger partial charge in [0.25, 0.3) is 0 Å². The van der Waals surface area contributed by atoms with Crippen molar-refractivity contribution in [3.05, 3.63) is 65.0 Å². The summed E-state index contributed by atoms with van der Waals surface area (Å²) in [5.41, 5.74) is 7.40. The smallest absolute Gasteiger partial charge is 0.241 e. The van der Waals surface area contributed by atoms with Crippen LogP contribution in [0, 0.1) is 23.4 Å². The Balaban J connectivity index is 1.35. The number of hydrogen-bond donors (Lipinski definition) is 3. The first-order valence-electron chi connectivity index (χ1n) is 15.1. The molecule has 2 aliphatic heterocycles. The van der Waals surface area contributed by atoms with E-state index in [9.17, 15) is 22.0 Å². The lowest BCUT2D eigenvalue weighted by Gasteiger charge is -2.37. The van der Waals surface area contributed by atoms with Crippen molar-refractivity contribution in [3.8, 4) is 0 Å². The highest BCUT2D eigenvalue weighted by Crippen LogP contribution is 2.39. The van der Waals surface area contributed by atoms with Crippen molar-refractivity contribution < 1.29 is 31.1 Å². The van der Waals surface area contributed by atoms with Crippen molar-refractivity contribution in [2.24, 2.45) is 11.7 Å². The molecule has 2 saturated heterocycles. The first-order valence-corrected chi connectivity index (χ1v) is 16.7. The van der Waals surface area contributed by atoms with Gasteiger partial charge < -0.3 is 21.1 Å². The second kappa shape index (κ2) is 13.6. The maximum atomic E-state index is 15.2. The fourth-order valence-corrected chi connectivity index (χ4v) is 8.84. The van der Waals surface area contributed by atoms with Gasteiger partial charge >= 0.3 is 0 Å². The van der Waals surface area contributed by atoms with E-state index in [1.54, 1.807) is 19.2 Å². The molecule has 12 heteroatoms. The van der Waals surface area contributed by atoms with Crippen molar-refractivity contribution in [3.63, 3.8) is 0 Å². The Hall–Kier alpha value is -2.51. The molecule has 0 radical (unpaired) electrons. The molecular formula is C31H41F3N4O4S. The average Bonchev–Trinajstić information content (AvgIpc) is 3.11. The van der Waals surface area contributed by atoms with Crippen LogP contribution in [0.2, 0.25) is 0 Å². The number of carbonyl (C=O) groups excluding carboxylic acids is 1. The topological polar surface area (TPSA) is 114 Å². The van der Waals surface area contributed by atoms with Gasteiger partial charge in [0, 0.05) is 49.5 Å². The van der Waals surface area contributed by atoms with Crippen molar-refractivity contribution in [1.82, 2.24) is 9.62 Å². The van der Waals surface area contributed by atoms with Crippen molar-refractivity contribution >= 4 is 21.6 Å². The summed E-state index contributed by atoms with van der Waals surface area (Å²) in [6.07, 6.45) is 4.90. The van der Waals surface area contributed by atoms with E-state index in [1.165, 1.54) is 22.5 Å². The standard InChI is InChI=1S/C31H41F3N4O4S/c1-42-24-11-6-20(7-12-24)28(19-4-8-21(32)9-5-19)30(35)31(39)37-27-15-14-26(33)29(34)25(27)13-10-23-17-36-22-3-2-16-43(40,41)38(23)18-22/h4-5,8-9,14-15,20,22-24,28,30,36H,2-3,6-7,10-13,16-18,35H2,1H3,(H,37,39)/t20-,22-,23?,24-,28+,30+/m1/s1. The monoisotopic (exact) mass is 622 g/mol. The Kier molecular flexibility index (Phi) is 10.1. The number of fused-ring (bicyclic) bond motifs is 2. The summed E-state index contributed by atoms with van der Waals surface area (Å²) in [7, 11) is -1.77. The SMILES string of the molecule is CO[C@H]1CC[C@H]([C@H](c2ccc(F)cc2)[C@H](N)C(=O)Nc2ccc(F)c(F)c2CCC2CN[C@@H]3CCCS(=O)(=O)N2C3)CC1. The van der Waals surface area contributed by atoms with Gasteiger partial charge in [-0.05, 0) is 87.1 Å². The molecule has 2 heterocycles. The molecule has 3 fully saturated rings. The summed E-state index contributed by atoms with van der Waals surface area (Å²) in [6, 6.07) is 6.84. The van der Waals surface area contributed by atoms with Gasteiger partial charge in [0.1, 0.15) is 5.82 Å². The molecule has 0 spiro atoms. The summed E-state index contributed by atoms with van der Waals surface area (Å²) in [5.74, 6) is -3.42. The van der Waals surface area contributed by atoms with Gasteiger partial charge in [-0.3, -0.25) is 4.79 Å². The zero-order valence-electron chi connectivity index (χ0n) is 24.4. The molecule has 2 unspecified atom stereocenters. The molecule has 2 aromatic rings. The zero-order valence-corrected chi connectivity index (χ0v) is 25.2. The number of halogens is 3. The molecule has 3 aliphatic rings. The number of carbonyl (C=O) groups is 1. The van der Waals surface area contributed by atoms with Crippen LogP contribution < -0.4 is 16.4 Å². The predicted octanol–water partition coefficient (Wildman–Crippen LogP) is 4.06. The second-order valence-electron chi connectivity index (χ2n) is 12.1. The number of piperazine rings is 1. The van der Waals surface area contributed by atoms with Gasteiger partial charge in [0.15, 0.2) is 11.6 Å². The Morgan fingerprint density at radius 3 is 2.51 bits per heavy atom. The van der Waals surface area contributed by atoms with Crippen LogP contribution in [0.1, 0.15) is 62.0 Å². The van der Waals surface area contributed by atoms with Crippen LogP contribution in [0.5, 0.6) is 0 Å². The van der Waals surface area contributed by atoms with Crippen molar-refractivity contribution in [2.45, 2.75) is 81.5 Å². The van der Waals surface area contributed by atoms with E-state index in [4.69, 9.17) is 10.5 Å². The van der Waals surface area contributed by atoms with Gasteiger partial charge in [-0.2, -0.15) is 4.31 Å². The summed E-state index contributed by atoms with van der Waals surface area (Å²) in [6.45, 7) is 0.770. The van der Waals surface area contributed by atoms with Crippen LogP contribution in [0.15, 0.2) is 36.4 Å². The number of nitrogens with two attached hydrogens (primary N) is 1. The highest BCUT2D eigenvalue weighted by atomic mass is 32.2. The average molecular weight is 623 g/mol. The molecule has 2 bridgehead atoms. The summed E-state index contributed by atoms with van der Waals surface area (Å²) < 4.78 is 76.1. The molecule has 5 atom stereocenters. The Bertz CT molecular complexity index is 1390. The second-order valence-corrected chi connectivity index (χ2v) is 14.1. The largest absolute Gasteiger partial charge is 0.381 e. The van der Waals surface area contributed by atoms with Crippen LogP contribution in [-0.2, 0) is 26.0 Å². The molecule has 43 heavy (non-hydrogen) atoms. The summed E-state index contributed by atoms with van der Waals surface area (Å²) in [5, 5.41) is 6.12. The normalized spacial score (nSPS) is 28.4. The molecule has 0 aromatic heterocycles. The predicted molar refractivity (Wildman–Crippen MR) is 158 cm³/mol. The Labute approximate surface area is 251 Å². The number of methoxy groups -OCH3 is 1. The molecular weight excluding hydrogens is 581 g/mol. The summed E-state index contributed by atoms with van der Waals surface area (Å²) >= 11 is 0. The molecule has 4 N–H and O–H groups in total. The van der Waals surface area contributed by atoms with E-state index in [2.05, 4.69) is 10.6 Å². The van der Waals surface area contributed by atoms with E-state index in [0.29, 0.717) is 19.5 Å². The summed E-state index contributed by atoms with van der Waals surface area (Å²) in [4.78, 5) is 13.6. The fourth-order valence-electron chi connectivity index (χ4n) is 7.03. The number of rotatable bonds is 9. The lowest BCUT2D eigenvalue weighted by atomic mass is 9.72. The number of sulfonamides is 1. The molecule has 8 nitrogen and oxygen atoms in total. The van der Waals surface area contributed by atoms with Crippen molar-refractivity contribution in [2.75, 3.05) is 31.3 Å². The molecule has 1 aliphatic carbocycles. The van der Waals surface area contributed by atoms with Crippen molar-refractivity contribution in [1.29, 1.82) is 0 Å². The van der Waals surface area contributed by atoms with Crippen LogP contribution in [-0.4, -0.2) is 68.8 Å². The number of ether oxygens (including phenoxy) is 1. The van der Waals surface area contributed by atoms with E-state index < -0.39 is 51.4 Å². The maximum Gasteiger partial charge on any atom is 0.241 e. The third kappa shape index (κ3) is 7.25. The number of hydrogen-bond acceptors (Lipinski definition) is 6. The lowest BCUT2D eigenvalue weighted by molar-refractivity contribution is -0.118. The lowest BCUT2D eigenvalue weighted by Crippen LogP contribution is -2.57. The van der Waals surface area contributed by atoms with Gasteiger partial charge in [-0.1, -0.05) is 12.1 Å². The zero-order chi connectivity index (χ0) is 30.7. The van der Waals surface area contributed by atoms with Crippen LogP contribution in [0.25, 0.3) is 0 Å². The number of amides is 1. The number of anilines is 1. The number of nitrogens with one attached hydrogen (secondary N) is 2. The van der Waals surface area contributed by atoms with Crippen LogP contribution in [0.4, 0.5) is 18.9 Å². The number of nitrogens with zero attached hydrogens (tertiary/aromatic N) is 1. The van der Waals surface area contributed by atoms with Crippen LogP contribution in [0.3, 0.4) is 0 Å². The number of benzene rings is 2. The first-order chi connectivity index (χ1) is 20.6. The van der Waals surface area contributed by atoms with Gasteiger partial charge in [0.05, 0.1) is 17.9 Å². The third-order valence-corrected chi connectivity index (χ3v) is 11.4. The van der Waals surface area contributed by atoms with E-state index in [0.717, 1.165) is 43.7 Å². The van der Waals surface area contributed by atoms with Gasteiger partial charge in [0.2, 0.25) is 15.9 Å². The fraction of sp³-hybridized carbons (Fsp3) is 0.581. The van der Waals surface area contributed by atoms with Crippen LogP contribution >= 0.6 is 0 Å². The molecule has 5 rings (SSSR count). The third-order valence-electron chi connectivity index (χ3n) is 9.45. The minimum absolute atomic E-state index is 0.0138. The maximum absolute atomic E-state index is 15.2. The van der Waals surface area contributed by atoms with Gasteiger partial charge in [-0.15, -0.1) is 0 Å². The van der Waals surface area contributed by atoms with E-state index >= 15 is 4.39 Å². The molecule has 2 aromatic carbocycles. The highest BCUT2D eigenvalue weighted by Gasteiger charge is 2.39. The van der Waals surface area contributed by atoms with E-state index in [1.807, 2.05) is 0 Å². The minimum Gasteiger partial charge on any atom is -0.381 e.